The Labute approximate surface area is 131 Å². The minimum atomic E-state index is -0.0895. The first-order chi connectivity index (χ1) is 10.7. The number of ketones is 1. The fourth-order valence-corrected chi connectivity index (χ4v) is 2.21. The lowest BCUT2D eigenvalue weighted by molar-refractivity contribution is 0.0921. The van der Waals surface area contributed by atoms with E-state index in [1.165, 1.54) is 0 Å². The maximum Gasteiger partial charge on any atom is 0.167 e. The fraction of sp³-hybridized carbons (Fsp3) is 0.263. The van der Waals surface area contributed by atoms with Gasteiger partial charge in [0, 0.05) is 24.2 Å². The molecule has 22 heavy (non-hydrogen) atoms. The van der Waals surface area contributed by atoms with Crippen molar-refractivity contribution in [2.24, 2.45) is 10.9 Å². The van der Waals surface area contributed by atoms with Crippen molar-refractivity contribution >= 4 is 12.0 Å². The molecular weight excluding hydrogens is 274 g/mol. The second-order valence-corrected chi connectivity index (χ2v) is 5.10. The molecule has 2 aromatic rings. The van der Waals surface area contributed by atoms with Crippen molar-refractivity contribution in [1.82, 2.24) is 0 Å². The lowest BCUT2D eigenvalue weighted by Crippen LogP contribution is -2.17. The molecule has 0 N–H and O–H groups in total. The fourth-order valence-electron chi connectivity index (χ4n) is 2.21. The molecule has 0 amide bonds. The molecule has 0 saturated heterocycles. The Balaban J connectivity index is 2.00. The SMILES string of the molecule is CCC(CN=Cc1ccccc1)C(=O)c1ccc(OC)cc1. The quantitative estimate of drug-likeness (QED) is 0.571. The maximum atomic E-state index is 12.5. The monoisotopic (exact) mass is 295 g/mol. The molecule has 3 heteroatoms. The van der Waals surface area contributed by atoms with Crippen LogP contribution in [0.1, 0.15) is 29.3 Å². The van der Waals surface area contributed by atoms with E-state index in [1.807, 2.05) is 67.7 Å². The highest BCUT2D eigenvalue weighted by molar-refractivity contribution is 5.98. The first-order valence-corrected chi connectivity index (χ1v) is 7.47. The summed E-state index contributed by atoms with van der Waals surface area (Å²) in [7, 11) is 1.62. The van der Waals surface area contributed by atoms with E-state index in [0.717, 1.165) is 17.7 Å². The average molecular weight is 295 g/mol. The van der Waals surface area contributed by atoms with E-state index in [0.29, 0.717) is 12.1 Å². The average Bonchev–Trinajstić information content (AvgIpc) is 2.59. The summed E-state index contributed by atoms with van der Waals surface area (Å²) in [5.41, 5.74) is 1.76. The Bertz CT molecular complexity index is 618. The smallest absolute Gasteiger partial charge is 0.167 e. The van der Waals surface area contributed by atoms with Crippen molar-refractivity contribution in [3.8, 4) is 5.75 Å². The number of hydrogen-bond donors (Lipinski definition) is 0. The molecule has 3 nitrogen and oxygen atoms in total. The van der Waals surface area contributed by atoms with Crippen LogP contribution in [-0.2, 0) is 0 Å². The largest absolute Gasteiger partial charge is 0.497 e. The summed E-state index contributed by atoms with van der Waals surface area (Å²) in [6, 6.07) is 17.2. The minimum absolute atomic E-state index is 0.0895. The van der Waals surface area contributed by atoms with Crippen molar-refractivity contribution in [3.05, 3.63) is 65.7 Å². The molecule has 2 aromatic carbocycles. The summed E-state index contributed by atoms with van der Waals surface area (Å²) in [5.74, 6) is 0.801. The standard InChI is InChI=1S/C19H21NO2/c1-3-16(14-20-13-15-7-5-4-6-8-15)19(21)17-9-11-18(22-2)12-10-17/h4-13,16H,3,14H2,1-2H3. The number of methoxy groups -OCH3 is 1. The summed E-state index contributed by atoms with van der Waals surface area (Å²) >= 11 is 0. The second kappa shape index (κ2) is 8.13. The minimum Gasteiger partial charge on any atom is -0.497 e. The topological polar surface area (TPSA) is 38.7 Å². The molecule has 114 valence electrons. The number of carbonyl (C=O) groups excluding carboxylic acids is 1. The summed E-state index contributed by atoms with van der Waals surface area (Å²) in [6.45, 7) is 2.53. The molecule has 0 saturated carbocycles. The van der Waals surface area contributed by atoms with Gasteiger partial charge < -0.3 is 4.74 Å². The third-order valence-electron chi connectivity index (χ3n) is 3.60. The molecule has 0 radical (unpaired) electrons. The number of rotatable bonds is 7. The summed E-state index contributed by atoms with van der Waals surface area (Å²) in [6.07, 6.45) is 2.60. The molecular formula is C19H21NO2. The van der Waals surface area contributed by atoms with E-state index >= 15 is 0 Å². The van der Waals surface area contributed by atoms with Gasteiger partial charge in [-0.1, -0.05) is 37.3 Å². The summed E-state index contributed by atoms with van der Waals surface area (Å²) in [4.78, 5) is 16.9. The maximum absolute atomic E-state index is 12.5. The number of nitrogens with zero attached hydrogens (tertiary/aromatic N) is 1. The first kappa shape index (κ1) is 16.0. The highest BCUT2D eigenvalue weighted by Crippen LogP contribution is 2.17. The zero-order chi connectivity index (χ0) is 15.8. The van der Waals surface area contributed by atoms with E-state index in [-0.39, 0.29) is 11.7 Å². The Morgan fingerprint density at radius 1 is 1.14 bits per heavy atom. The number of ether oxygens (including phenoxy) is 1. The molecule has 0 bridgehead atoms. The zero-order valence-electron chi connectivity index (χ0n) is 13.0. The van der Waals surface area contributed by atoms with Gasteiger partial charge in [0.1, 0.15) is 5.75 Å². The van der Waals surface area contributed by atoms with Crippen molar-refractivity contribution < 1.29 is 9.53 Å². The van der Waals surface area contributed by atoms with Crippen LogP contribution in [0.4, 0.5) is 0 Å². The molecule has 2 rings (SSSR count). The highest BCUT2D eigenvalue weighted by atomic mass is 16.5. The molecule has 0 aliphatic carbocycles. The predicted molar refractivity (Wildman–Crippen MR) is 90.0 cm³/mol. The molecule has 0 spiro atoms. The van der Waals surface area contributed by atoms with Crippen LogP contribution in [0.5, 0.6) is 5.75 Å². The Morgan fingerprint density at radius 3 is 2.41 bits per heavy atom. The number of carbonyl (C=O) groups is 1. The third kappa shape index (κ3) is 4.29. The Morgan fingerprint density at radius 2 is 1.82 bits per heavy atom. The highest BCUT2D eigenvalue weighted by Gasteiger charge is 2.17. The second-order valence-electron chi connectivity index (χ2n) is 5.10. The van der Waals surface area contributed by atoms with E-state index < -0.39 is 0 Å². The Hall–Kier alpha value is -2.42. The van der Waals surface area contributed by atoms with Gasteiger partial charge in [0.25, 0.3) is 0 Å². The molecule has 1 atom stereocenters. The summed E-state index contributed by atoms with van der Waals surface area (Å²) < 4.78 is 5.11. The first-order valence-electron chi connectivity index (χ1n) is 7.47. The molecule has 0 aliphatic heterocycles. The third-order valence-corrected chi connectivity index (χ3v) is 3.60. The lowest BCUT2D eigenvalue weighted by atomic mass is 9.95. The van der Waals surface area contributed by atoms with Gasteiger partial charge in [-0.2, -0.15) is 0 Å². The van der Waals surface area contributed by atoms with Crippen molar-refractivity contribution in [3.63, 3.8) is 0 Å². The van der Waals surface area contributed by atoms with Gasteiger partial charge in [-0.3, -0.25) is 9.79 Å². The van der Waals surface area contributed by atoms with Gasteiger partial charge in [0.2, 0.25) is 0 Å². The van der Waals surface area contributed by atoms with E-state index in [9.17, 15) is 4.79 Å². The van der Waals surface area contributed by atoms with Crippen LogP contribution >= 0.6 is 0 Å². The van der Waals surface area contributed by atoms with E-state index in [2.05, 4.69) is 4.99 Å². The van der Waals surface area contributed by atoms with Crippen molar-refractivity contribution in [2.75, 3.05) is 13.7 Å². The van der Waals surface area contributed by atoms with Crippen LogP contribution in [0, 0.1) is 5.92 Å². The summed E-state index contributed by atoms with van der Waals surface area (Å²) in [5, 5.41) is 0. The molecule has 0 aromatic heterocycles. The van der Waals surface area contributed by atoms with Crippen LogP contribution in [0.3, 0.4) is 0 Å². The molecule has 1 unspecified atom stereocenters. The van der Waals surface area contributed by atoms with Gasteiger partial charge in [0.05, 0.1) is 7.11 Å². The lowest BCUT2D eigenvalue weighted by Gasteiger charge is -2.11. The number of aliphatic imine (C=N–C) groups is 1. The predicted octanol–water partition coefficient (Wildman–Crippen LogP) is 4.02. The number of benzene rings is 2. The van der Waals surface area contributed by atoms with E-state index in [4.69, 9.17) is 4.74 Å². The van der Waals surface area contributed by atoms with Crippen LogP contribution in [-0.4, -0.2) is 25.7 Å². The normalized spacial score (nSPS) is 12.3. The van der Waals surface area contributed by atoms with Gasteiger partial charge in [-0.05, 0) is 36.2 Å². The molecule has 0 fully saturated rings. The van der Waals surface area contributed by atoms with Crippen LogP contribution in [0.15, 0.2) is 59.6 Å². The van der Waals surface area contributed by atoms with Crippen LogP contribution in [0.2, 0.25) is 0 Å². The molecule has 0 aliphatic rings. The van der Waals surface area contributed by atoms with Gasteiger partial charge in [0.15, 0.2) is 5.78 Å². The van der Waals surface area contributed by atoms with Crippen molar-refractivity contribution in [2.45, 2.75) is 13.3 Å². The number of Topliss-reactive ketones (excluding diaryl/α,β-unsaturated/α-hetero) is 1. The van der Waals surface area contributed by atoms with Gasteiger partial charge in [-0.15, -0.1) is 0 Å². The van der Waals surface area contributed by atoms with Gasteiger partial charge >= 0.3 is 0 Å². The van der Waals surface area contributed by atoms with E-state index in [1.54, 1.807) is 7.11 Å². The van der Waals surface area contributed by atoms with Gasteiger partial charge in [-0.25, -0.2) is 0 Å². The number of hydrogen-bond acceptors (Lipinski definition) is 3. The van der Waals surface area contributed by atoms with Crippen LogP contribution < -0.4 is 4.74 Å². The Kier molecular flexibility index (Phi) is 5.90. The van der Waals surface area contributed by atoms with Crippen LogP contribution in [0.25, 0.3) is 0 Å². The molecule has 0 heterocycles. The zero-order valence-corrected chi connectivity index (χ0v) is 13.0. The van der Waals surface area contributed by atoms with Crippen molar-refractivity contribution in [1.29, 1.82) is 0 Å².